The molecule has 1 rings (SSSR count). The van der Waals surface area contributed by atoms with Crippen molar-refractivity contribution in [1.82, 2.24) is 5.32 Å². The van der Waals surface area contributed by atoms with Crippen LogP contribution in [0.1, 0.15) is 25.8 Å². The number of benzene rings is 1. The molecule has 0 spiro atoms. The maximum Gasteiger partial charge on any atom is 0.329 e. The van der Waals surface area contributed by atoms with Gasteiger partial charge >= 0.3 is 12.0 Å². The van der Waals surface area contributed by atoms with Crippen molar-refractivity contribution in [3.8, 4) is 0 Å². The maximum atomic E-state index is 11.8. The molecule has 19 heavy (non-hydrogen) atoms. The van der Waals surface area contributed by atoms with E-state index in [1.807, 2.05) is 13.0 Å². The zero-order valence-electron chi connectivity index (χ0n) is 11.1. The highest BCUT2D eigenvalue weighted by atomic mass is 79.9. The van der Waals surface area contributed by atoms with E-state index >= 15 is 0 Å². The minimum atomic E-state index is -1.27. The van der Waals surface area contributed by atoms with Crippen molar-refractivity contribution in [2.75, 3.05) is 5.32 Å². The fraction of sp³-hybridized carbons (Fsp3) is 0.385. The largest absolute Gasteiger partial charge is 0.480 e. The van der Waals surface area contributed by atoms with Crippen LogP contribution in [0, 0.1) is 6.92 Å². The fourth-order valence-corrected chi connectivity index (χ4v) is 1.94. The Hall–Kier alpha value is -1.56. The van der Waals surface area contributed by atoms with E-state index in [1.54, 1.807) is 19.1 Å². The van der Waals surface area contributed by atoms with E-state index in [9.17, 15) is 9.59 Å². The lowest BCUT2D eigenvalue weighted by atomic mass is 10.00. The first kappa shape index (κ1) is 15.5. The standard InChI is InChI=1S/C13H17BrN2O3/c1-4-13(3,11(17)18)16-12(19)15-10-6-5-9(14)7-8(10)2/h5-7H,4H2,1-3H3,(H,17,18)(H2,15,16,19). The van der Waals surface area contributed by atoms with Gasteiger partial charge < -0.3 is 15.7 Å². The van der Waals surface area contributed by atoms with Crippen molar-refractivity contribution in [1.29, 1.82) is 0 Å². The second-order valence-corrected chi connectivity index (χ2v) is 5.44. The molecule has 0 aliphatic rings. The highest BCUT2D eigenvalue weighted by Crippen LogP contribution is 2.20. The number of hydrogen-bond donors (Lipinski definition) is 3. The summed E-state index contributed by atoms with van der Waals surface area (Å²) in [5, 5.41) is 14.2. The summed E-state index contributed by atoms with van der Waals surface area (Å²) in [5.41, 5.74) is 0.260. The van der Waals surface area contributed by atoms with Gasteiger partial charge in [0.2, 0.25) is 0 Å². The molecule has 1 aromatic carbocycles. The molecular formula is C13H17BrN2O3. The van der Waals surface area contributed by atoms with Gasteiger partial charge in [0.1, 0.15) is 5.54 Å². The van der Waals surface area contributed by atoms with Crippen molar-refractivity contribution in [3.05, 3.63) is 28.2 Å². The van der Waals surface area contributed by atoms with Crippen LogP contribution in [0.4, 0.5) is 10.5 Å². The lowest BCUT2D eigenvalue weighted by Gasteiger charge is -2.24. The Morgan fingerprint density at radius 1 is 1.42 bits per heavy atom. The highest BCUT2D eigenvalue weighted by molar-refractivity contribution is 9.10. The number of carboxylic acid groups (broad SMARTS) is 1. The number of aryl methyl sites for hydroxylation is 1. The van der Waals surface area contributed by atoms with Crippen molar-refractivity contribution < 1.29 is 14.7 Å². The van der Waals surface area contributed by atoms with E-state index in [0.717, 1.165) is 10.0 Å². The molecule has 104 valence electrons. The number of carboxylic acids is 1. The molecule has 5 nitrogen and oxygen atoms in total. The summed E-state index contributed by atoms with van der Waals surface area (Å²) in [6.07, 6.45) is 0.301. The SMILES string of the molecule is CCC(C)(NC(=O)Nc1ccc(Br)cc1C)C(=O)O. The number of aliphatic carboxylic acids is 1. The van der Waals surface area contributed by atoms with Gasteiger partial charge in [0.15, 0.2) is 0 Å². The number of halogens is 1. The molecule has 0 saturated carbocycles. The van der Waals surface area contributed by atoms with E-state index in [1.165, 1.54) is 6.92 Å². The van der Waals surface area contributed by atoms with Gasteiger partial charge in [-0.05, 0) is 44.0 Å². The van der Waals surface area contributed by atoms with Crippen LogP contribution in [0.15, 0.2) is 22.7 Å². The van der Waals surface area contributed by atoms with Gasteiger partial charge in [-0.1, -0.05) is 22.9 Å². The molecule has 0 aromatic heterocycles. The van der Waals surface area contributed by atoms with Crippen LogP contribution in [0.3, 0.4) is 0 Å². The number of anilines is 1. The molecule has 0 saturated heterocycles. The topological polar surface area (TPSA) is 78.4 Å². The summed E-state index contributed by atoms with van der Waals surface area (Å²) < 4.78 is 0.917. The predicted molar refractivity (Wildman–Crippen MR) is 77.4 cm³/mol. The summed E-state index contributed by atoms with van der Waals surface area (Å²) in [7, 11) is 0. The molecule has 0 aliphatic heterocycles. The first-order chi connectivity index (χ1) is 8.78. The molecule has 1 aromatic rings. The molecule has 0 heterocycles. The lowest BCUT2D eigenvalue weighted by molar-refractivity contribution is -0.143. The fourth-order valence-electron chi connectivity index (χ4n) is 1.46. The summed E-state index contributed by atoms with van der Waals surface area (Å²) in [6, 6.07) is 4.89. The molecule has 2 amide bonds. The summed E-state index contributed by atoms with van der Waals surface area (Å²) >= 11 is 3.34. The van der Waals surface area contributed by atoms with Crippen LogP contribution >= 0.6 is 15.9 Å². The Bertz CT molecular complexity index is 505. The van der Waals surface area contributed by atoms with Crippen LogP contribution < -0.4 is 10.6 Å². The third-order valence-electron chi connectivity index (χ3n) is 3.01. The second kappa shape index (κ2) is 6.06. The minimum absolute atomic E-state index is 0.301. The van der Waals surface area contributed by atoms with Crippen molar-refractivity contribution >= 4 is 33.6 Å². The Morgan fingerprint density at radius 3 is 2.53 bits per heavy atom. The minimum Gasteiger partial charge on any atom is -0.480 e. The van der Waals surface area contributed by atoms with Gasteiger partial charge in [-0.25, -0.2) is 9.59 Å². The lowest BCUT2D eigenvalue weighted by Crippen LogP contribution is -2.53. The number of rotatable bonds is 4. The third kappa shape index (κ3) is 3.96. The Kier molecular flexibility index (Phi) is 4.94. The van der Waals surface area contributed by atoms with Gasteiger partial charge in [-0.3, -0.25) is 0 Å². The van der Waals surface area contributed by atoms with Crippen LogP contribution in [-0.2, 0) is 4.79 Å². The molecule has 6 heteroatoms. The van der Waals surface area contributed by atoms with Crippen molar-refractivity contribution in [3.63, 3.8) is 0 Å². The molecule has 1 unspecified atom stereocenters. The second-order valence-electron chi connectivity index (χ2n) is 4.53. The van der Waals surface area contributed by atoms with Crippen LogP contribution in [0.2, 0.25) is 0 Å². The quantitative estimate of drug-likeness (QED) is 0.794. The van der Waals surface area contributed by atoms with E-state index in [4.69, 9.17) is 5.11 Å². The summed E-state index contributed by atoms with van der Waals surface area (Å²) in [5.74, 6) is -1.06. The molecule has 0 fully saturated rings. The molecule has 0 aliphatic carbocycles. The Morgan fingerprint density at radius 2 is 2.05 bits per heavy atom. The van der Waals surface area contributed by atoms with Crippen molar-refractivity contribution in [2.24, 2.45) is 0 Å². The average Bonchev–Trinajstić information content (AvgIpc) is 2.32. The number of hydrogen-bond acceptors (Lipinski definition) is 2. The number of amides is 2. The van der Waals surface area contributed by atoms with Gasteiger partial charge in [-0.15, -0.1) is 0 Å². The van der Waals surface area contributed by atoms with E-state index in [-0.39, 0.29) is 0 Å². The van der Waals surface area contributed by atoms with E-state index in [2.05, 4.69) is 26.6 Å². The monoisotopic (exact) mass is 328 g/mol. The first-order valence-electron chi connectivity index (χ1n) is 5.87. The molecule has 3 N–H and O–H groups in total. The van der Waals surface area contributed by atoms with Gasteiger partial charge in [-0.2, -0.15) is 0 Å². The molecule has 0 bridgehead atoms. The smallest absolute Gasteiger partial charge is 0.329 e. The molecule has 1 atom stereocenters. The van der Waals surface area contributed by atoms with Gasteiger partial charge in [0.05, 0.1) is 0 Å². The number of carbonyl (C=O) groups excluding carboxylic acids is 1. The highest BCUT2D eigenvalue weighted by Gasteiger charge is 2.32. The zero-order chi connectivity index (χ0) is 14.6. The maximum absolute atomic E-state index is 11.8. The van der Waals surface area contributed by atoms with Crippen molar-refractivity contribution in [2.45, 2.75) is 32.7 Å². The number of urea groups is 1. The van der Waals surface area contributed by atoms with Crippen LogP contribution in [0.5, 0.6) is 0 Å². The number of nitrogens with one attached hydrogen (secondary N) is 2. The Balaban J connectivity index is 2.78. The summed E-state index contributed by atoms with van der Waals surface area (Å²) in [6.45, 7) is 5.04. The predicted octanol–water partition coefficient (Wildman–Crippen LogP) is 3.13. The first-order valence-corrected chi connectivity index (χ1v) is 6.66. The van der Waals surface area contributed by atoms with E-state index < -0.39 is 17.5 Å². The van der Waals surface area contributed by atoms with E-state index in [0.29, 0.717) is 12.1 Å². The number of carbonyl (C=O) groups is 2. The van der Waals surface area contributed by atoms with Crippen LogP contribution in [-0.4, -0.2) is 22.6 Å². The normalized spacial score (nSPS) is 13.5. The summed E-state index contributed by atoms with van der Waals surface area (Å²) in [4.78, 5) is 22.9. The van der Waals surface area contributed by atoms with Gasteiger partial charge in [0, 0.05) is 10.2 Å². The molecule has 0 radical (unpaired) electrons. The third-order valence-corrected chi connectivity index (χ3v) is 3.50. The molecular weight excluding hydrogens is 312 g/mol. The average molecular weight is 329 g/mol. The van der Waals surface area contributed by atoms with Gasteiger partial charge in [0.25, 0.3) is 0 Å². The van der Waals surface area contributed by atoms with Crippen LogP contribution in [0.25, 0.3) is 0 Å². The Labute approximate surface area is 120 Å². The zero-order valence-corrected chi connectivity index (χ0v) is 12.7.